The summed E-state index contributed by atoms with van der Waals surface area (Å²) in [6, 6.07) is 13.8. The number of carbonyl (C=O) groups excluding carboxylic acids is 1. The van der Waals surface area contributed by atoms with E-state index < -0.39 is 0 Å². The molecule has 0 saturated carbocycles. The highest BCUT2D eigenvalue weighted by Crippen LogP contribution is 2.47. The molecule has 122 valence electrons. The number of carbonyl (C=O) groups is 1. The van der Waals surface area contributed by atoms with Crippen molar-refractivity contribution < 1.29 is 19.0 Å². The van der Waals surface area contributed by atoms with E-state index in [0.29, 0.717) is 17.1 Å². The lowest BCUT2D eigenvalue weighted by Crippen LogP contribution is -2.20. The van der Waals surface area contributed by atoms with Crippen LogP contribution in [0, 0.1) is 0 Å². The molecule has 0 bridgehead atoms. The summed E-state index contributed by atoms with van der Waals surface area (Å²) in [5.41, 5.74) is 4.39. The zero-order chi connectivity index (χ0) is 16.7. The van der Waals surface area contributed by atoms with Gasteiger partial charge in [0.2, 0.25) is 0 Å². The van der Waals surface area contributed by atoms with E-state index in [1.807, 2.05) is 42.5 Å². The molecule has 1 atom stereocenters. The van der Waals surface area contributed by atoms with Crippen molar-refractivity contribution in [3.8, 4) is 11.5 Å². The molecule has 0 aliphatic carbocycles. The quantitative estimate of drug-likeness (QED) is 0.880. The third-order valence-corrected chi connectivity index (χ3v) is 4.47. The van der Waals surface area contributed by atoms with Crippen LogP contribution in [0.1, 0.15) is 17.0 Å². The number of ether oxygens (including phenoxy) is 3. The van der Waals surface area contributed by atoms with Crippen LogP contribution >= 0.6 is 0 Å². The first-order chi connectivity index (χ1) is 11.7. The summed E-state index contributed by atoms with van der Waals surface area (Å²) in [6.07, 6.45) is 0. The van der Waals surface area contributed by atoms with Gasteiger partial charge in [0.25, 0.3) is 0 Å². The topological polar surface area (TPSA) is 56.8 Å². The van der Waals surface area contributed by atoms with E-state index in [1.165, 1.54) is 0 Å². The van der Waals surface area contributed by atoms with Crippen molar-refractivity contribution in [2.24, 2.45) is 0 Å². The molecule has 1 N–H and O–H groups in total. The van der Waals surface area contributed by atoms with Gasteiger partial charge in [-0.15, -0.1) is 0 Å². The minimum absolute atomic E-state index is 0.188. The van der Waals surface area contributed by atoms with Crippen LogP contribution in [0.25, 0.3) is 0 Å². The first-order valence-electron chi connectivity index (χ1n) is 7.71. The second-order valence-electron chi connectivity index (χ2n) is 5.73. The molecule has 0 spiro atoms. The van der Waals surface area contributed by atoms with Crippen molar-refractivity contribution >= 4 is 11.7 Å². The van der Waals surface area contributed by atoms with E-state index in [9.17, 15) is 4.79 Å². The van der Waals surface area contributed by atoms with E-state index in [4.69, 9.17) is 14.2 Å². The Balaban J connectivity index is 1.94. The zero-order valence-corrected chi connectivity index (χ0v) is 13.5. The Morgan fingerprint density at radius 3 is 2.50 bits per heavy atom. The molecule has 2 aliphatic heterocycles. The summed E-state index contributed by atoms with van der Waals surface area (Å²) >= 11 is 0. The molecule has 0 aromatic heterocycles. The zero-order valence-electron chi connectivity index (χ0n) is 13.5. The van der Waals surface area contributed by atoms with E-state index >= 15 is 0 Å². The first-order valence-corrected chi connectivity index (χ1v) is 7.71. The standard InChI is InChI=1S/C19H17NO4/c1-22-15-8-12-13(9-16(15)23-2)20-14-10-24-19(21)18(14)17(12)11-6-4-3-5-7-11/h3-9,17,20H,10H2,1-2H3/t17-/m1/s1. The Bertz CT molecular complexity index is 842. The Kier molecular flexibility index (Phi) is 3.41. The lowest BCUT2D eigenvalue weighted by atomic mass is 9.81. The van der Waals surface area contributed by atoms with Gasteiger partial charge in [-0.25, -0.2) is 4.79 Å². The van der Waals surface area contributed by atoms with Crippen LogP contribution in [-0.2, 0) is 9.53 Å². The van der Waals surface area contributed by atoms with Gasteiger partial charge in [-0.05, 0) is 17.2 Å². The molecule has 5 nitrogen and oxygen atoms in total. The van der Waals surface area contributed by atoms with Gasteiger partial charge < -0.3 is 19.5 Å². The number of rotatable bonds is 3. The Morgan fingerprint density at radius 1 is 1.08 bits per heavy atom. The van der Waals surface area contributed by atoms with Crippen LogP contribution < -0.4 is 14.8 Å². The number of fused-ring (bicyclic) bond motifs is 1. The van der Waals surface area contributed by atoms with E-state index in [0.717, 1.165) is 22.5 Å². The summed E-state index contributed by atoms with van der Waals surface area (Å²) in [6.45, 7) is 0.269. The molecule has 4 rings (SSSR count). The fourth-order valence-corrected chi connectivity index (χ4v) is 3.36. The lowest BCUT2D eigenvalue weighted by Gasteiger charge is -2.28. The molecule has 24 heavy (non-hydrogen) atoms. The summed E-state index contributed by atoms with van der Waals surface area (Å²) in [4.78, 5) is 12.3. The van der Waals surface area contributed by atoms with Gasteiger partial charge >= 0.3 is 5.97 Å². The number of benzene rings is 2. The highest BCUT2D eigenvalue weighted by atomic mass is 16.5. The minimum atomic E-state index is -0.271. The lowest BCUT2D eigenvalue weighted by molar-refractivity contribution is -0.136. The van der Waals surface area contributed by atoms with Gasteiger partial charge in [0.1, 0.15) is 6.61 Å². The number of esters is 1. The maximum absolute atomic E-state index is 12.3. The van der Waals surface area contributed by atoms with Crippen LogP contribution in [0.2, 0.25) is 0 Å². The first kappa shape index (κ1) is 14.6. The third-order valence-electron chi connectivity index (χ3n) is 4.47. The van der Waals surface area contributed by atoms with Gasteiger partial charge in [-0.3, -0.25) is 0 Å². The van der Waals surface area contributed by atoms with Crippen LogP contribution in [0.5, 0.6) is 11.5 Å². The number of anilines is 1. The third kappa shape index (κ3) is 2.12. The molecule has 0 amide bonds. The van der Waals surface area contributed by atoms with Crippen molar-refractivity contribution in [2.45, 2.75) is 5.92 Å². The smallest absolute Gasteiger partial charge is 0.337 e. The molecule has 2 heterocycles. The average Bonchev–Trinajstić information content (AvgIpc) is 2.99. The van der Waals surface area contributed by atoms with Crippen molar-refractivity contribution in [3.63, 3.8) is 0 Å². The van der Waals surface area contributed by atoms with Crippen molar-refractivity contribution in [1.29, 1.82) is 0 Å². The predicted octanol–water partition coefficient (Wildman–Crippen LogP) is 3.07. The Labute approximate surface area is 139 Å². The maximum atomic E-state index is 12.3. The summed E-state index contributed by atoms with van der Waals surface area (Å²) in [5.74, 6) is 0.818. The number of nitrogens with one attached hydrogen (secondary N) is 1. The summed E-state index contributed by atoms with van der Waals surface area (Å²) in [7, 11) is 3.21. The molecule has 2 aromatic rings. The van der Waals surface area contributed by atoms with Gasteiger partial charge in [-0.2, -0.15) is 0 Å². The number of methoxy groups -OCH3 is 2. The molecule has 0 unspecified atom stereocenters. The van der Waals surface area contributed by atoms with Crippen molar-refractivity contribution in [2.75, 3.05) is 26.1 Å². The largest absolute Gasteiger partial charge is 0.493 e. The highest BCUT2D eigenvalue weighted by Gasteiger charge is 2.38. The Hall–Kier alpha value is -2.95. The van der Waals surface area contributed by atoms with Gasteiger partial charge in [0.05, 0.1) is 25.5 Å². The predicted molar refractivity (Wildman–Crippen MR) is 89.4 cm³/mol. The van der Waals surface area contributed by atoms with E-state index in [1.54, 1.807) is 14.2 Å². The Morgan fingerprint density at radius 2 is 1.79 bits per heavy atom. The SMILES string of the molecule is COc1cc2c(cc1OC)[C@@H](c1ccccc1)C1=C(COC1=O)N2. The summed E-state index contributed by atoms with van der Waals surface area (Å²) in [5, 5.41) is 3.31. The number of hydrogen-bond donors (Lipinski definition) is 1. The van der Waals surface area contributed by atoms with Crippen LogP contribution in [0.4, 0.5) is 5.69 Å². The highest BCUT2D eigenvalue weighted by molar-refractivity contribution is 5.97. The second-order valence-corrected chi connectivity index (χ2v) is 5.73. The van der Waals surface area contributed by atoms with Gasteiger partial charge in [0.15, 0.2) is 11.5 Å². The molecular weight excluding hydrogens is 306 g/mol. The molecule has 2 aromatic carbocycles. The van der Waals surface area contributed by atoms with Crippen LogP contribution in [0.15, 0.2) is 53.7 Å². The molecule has 2 aliphatic rings. The maximum Gasteiger partial charge on any atom is 0.337 e. The molecule has 5 heteroatoms. The number of hydrogen-bond acceptors (Lipinski definition) is 5. The van der Waals surface area contributed by atoms with Crippen molar-refractivity contribution in [3.05, 3.63) is 64.9 Å². The number of cyclic esters (lactones) is 1. The van der Waals surface area contributed by atoms with E-state index in [-0.39, 0.29) is 18.5 Å². The normalized spacial score (nSPS) is 18.4. The summed E-state index contributed by atoms with van der Waals surface area (Å²) < 4.78 is 16.1. The molecular formula is C19H17NO4. The monoisotopic (exact) mass is 323 g/mol. The minimum Gasteiger partial charge on any atom is -0.493 e. The molecule has 0 fully saturated rings. The molecule has 0 saturated heterocycles. The second kappa shape index (κ2) is 5.60. The van der Waals surface area contributed by atoms with E-state index in [2.05, 4.69) is 5.32 Å². The van der Waals surface area contributed by atoms with Gasteiger partial charge in [-0.1, -0.05) is 30.3 Å². The van der Waals surface area contributed by atoms with Crippen molar-refractivity contribution in [1.82, 2.24) is 0 Å². The fourth-order valence-electron chi connectivity index (χ4n) is 3.36. The van der Waals surface area contributed by atoms with Gasteiger partial charge in [0, 0.05) is 17.7 Å². The van der Waals surface area contributed by atoms with Crippen LogP contribution in [0.3, 0.4) is 0 Å². The fraction of sp³-hybridized carbons (Fsp3) is 0.211. The average molecular weight is 323 g/mol. The molecule has 0 radical (unpaired) electrons. The van der Waals surface area contributed by atoms with Crippen LogP contribution in [-0.4, -0.2) is 26.8 Å².